The summed E-state index contributed by atoms with van der Waals surface area (Å²) >= 11 is 0. The van der Waals surface area contributed by atoms with E-state index < -0.39 is 23.0 Å². The van der Waals surface area contributed by atoms with E-state index in [1.165, 1.54) is 12.3 Å². The van der Waals surface area contributed by atoms with E-state index in [9.17, 15) is 17.2 Å². The molecule has 1 aromatic heterocycles. The van der Waals surface area contributed by atoms with Gasteiger partial charge in [-0.1, -0.05) is 0 Å². The molecule has 16 heavy (non-hydrogen) atoms. The number of nitrogen functional groups attached to an aromatic ring is 1. The molecule has 0 aliphatic rings. The molecule has 8 heteroatoms. The van der Waals surface area contributed by atoms with Crippen molar-refractivity contribution in [3.8, 4) is 0 Å². The Morgan fingerprint density at radius 2 is 2.19 bits per heavy atom. The number of nitrogens with two attached hydrogens (primary N) is 1. The van der Waals surface area contributed by atoms with Crippen molar-refractivity contribution in [3.05, 3.63) is 18.5 Å². The Kier molecular flexibility index (Phi) is 3.76. The van der Waals surface area contributed by atoms with Gasteiger partial charge >= 0.3 is 0 Å². The van der Waals surface area contributed by atoms with Gasteiger partial charge in [-0.15, -0.1) is 0 Å². The second-order valence-electron chi connectivity index (χ2n) is 3.09. The normalized spacial score (nSPS) is 12.3. The number of halogens is 2. The minimum Gasteiger partial charge on any atom is -0.398 e. The fraction of sp³-hybridized carbons (Fsp3) is 0.375. The molecular formula is C8H11F2N3O2S. The summed E-state index contributed by atoms with van der Waals surface area (Å²) in [6.45, 7) is -0.878. The first-order valence-electron chi connectivity index (χ1n) is 4.29. The molecule has 90 valence electrons. The Labute approximate surface area is 91.9 Å². The van der Waals surface area contributed by atoms with E-state index in [0.717, 1.165) is 13.2 Å². The molecule has 1 aromatic rings. The van der Waals surface area contributed by atoms with Gasteiger partial charge in [-0.2, -0.15) is 4.31 Å². The highest BCUT2D eigenvalue weighted by Crippen LogP contribution is 2.20. The van der Waals surface area contributed by atoms with E-state index >= 15 is 0 Å². The van der Waals surface area contributed by atoms with E-state index in [1.54, 1.807) is 0 Å². The quantitative estimate of drug-likeness (QED) is 0.847. The molecule has 0 spiro atoms. The van der Waals surface area contributed by atoms with Gasteiger partial charge in [-0.3, -0.25) is 4.98 Å². The third-order valence-electron chi connectivity index (χ3n) is 1.90. The number of sulfonamides is 1. The second-order valence-corrected chi connectivity index (χ2v) is 5.10. The number of alkyl halides is 2. The molecule has 0 unspecified atom stereocenters. The van der Waals surface area contributed by atoms with Crippen LogP contribution < -0.4 is 5.73 Å². The Balaban J connectivity index is 3.08. The third kappa shape index (κ3) is 2.64. The van der Waals surface area contributed by atoms with Crippen LogP contribution in [0.15, 0.2) is 23.4 Å². The maximum Gasteiger partial charge on any atom is 0.252 e. The Morgan fingerprint density at radius 3 is 2.69 bits per heavy atom. The van der Waals surface area contributed by atoms with Gasteiger partial charge in [-0.05, 0) is 6.07 Å². The minimum absolute atomic E-state index is 0.0175. The number of aromatic nitrogens is 1. The fourth-order valence-corrected chi connectivity index (χ4v) is 2.27. The lowest BCUT2D eigenvalue weighted by atomic mass is 10.4. The van der Waals surface area contributed by atoms with Crippen LogP contribution in [0.3, 0.4) is 0 Å². The highest BCUT2D eigenvalue weighted by molar-refractivity contribution is 7.89. The predicted octanol–water partition coefficient (Wildman–Crippen LogP) is 0.549. The van der Waals surface area contributed by atoms with Crippen molar-refractivity contribution in [1.29, 1.82) is 0 Å². The summed E-state index contributed by atoms with van der Waals surface area (Å²) < 4.78 is 48.2. The van der Waals surface area contributed by atoms with Gasteiger partial charge in [-0.25, -0.2) is 17.2 Å². The first-order valence-corrected chi connectivity index (χ1v) is 5.73. The molecule has 0 bridgehead atoms. The van der Waals surface area contributed by atoms with E-state index in [-0.39, 0.29) is 10.6 Å². The van der Waals surface area contributed by atoms with Crippen molar-refractivity contribution in [1.82, 2.24) is 9.29 Å². The summed E-state index contributed by atoms with van der Waals surface area (Å²) in [5.41, 5.74) is 5.42. The van der Waals surface area contributed by atoms with Crippen molar-refractivity contribution in [2.45, 2.75) is 11.3 Å². The van der Waals surface area contributed by atoms with Crippen LogP contribution in [0.1, 0.15) is 0 Å². The van der Waals surface area contributed by atoms with Gasteiger partial charge in [0.15, 0.2) is 0 Å². The lowest BCUT2D eigenvalue weighted by Gasteiger charge is -2.17. The van der Waals surface area contributed by atoms with Gasteiger partial charge in [0.25, 0.3) is 6.43 Å². The second kappa shape index (κ2) is 4.71. The maximum atomic E-state index is 12.1. The minimum atomic E-state index is -4.00. The number of rotatable bonds is 4. The van der Waals surface area contributed by atoms with E-state index in [4.69, 9.17) is 5.73 Å². The molecule has 0 aliphatic heterocycles. The van der Waals surface area contributed by atoms with Crippen LogP contribution in [0.25, 0.3) is 0 Å². The molecule has 0 fully saturated rings. The number of hydrogen-bond acceptors (Lipinski definition) is 4. The van der Waals surface area contributed by atoms with Crippen molar-refractivity contribution < 1.29 is 17.2 Å². The van der Waals surface area contributed by atoms with Gasteiger partial charge < -0.3 is 5.73 Å². The highest BCUT2D eigenvalue weighted by atomic mass is 32.2. The summed E-state index contributed by atoms with van der Waals surface area (Å²) in [7, 11) is -2.94. The molecule has 0 radical (unpaired) electrons. The molecule has 2 N–H and O–H groups in total. The van der Waals surface area contributed by atoms with Crippen LogP contribution in [-0.4, -0.2) is 37.7 Å². The van der Waals surface area contributed by atoms with Crippen molar-refractivity contribution in [2.24, 2.45) is 0 Å². The van der Waals surface area contributed by atoms with Crippen LogP contribution in [-0.2, 0) is 10.0 Å². The van der Waals surface area contributed by atoms with E-state index in [1.807, 2.05) is 0 Å². The largest absolute Gasteiger partial charge is 0.398 e. The number of pyridine rings is 1. The zero-order valence-corrected chi connectivity index (χ0v) is 9.29. The highest BCUT2D eigenvalue weighted by Gasteiger charge is 2.25. The summed E-state index contributed by atoms with van der Waals surface area (Å²) in [5, 5.41) is 0. The maximum absolute atomic E-state index is 12.1. The molecule has 0 saturated carbocycles. The van der Waals surface area contributed by atoms with Crippen LogP contribution in [0.2, 0.25) is 0 Å². The van der Waals surface area contributed by atoms with Gasteiger partial charge in [0.1, 0.15) is 4.90 Å². The Bertz CT molecular complexity index is 464. The van der Waals surface area contributed by atoms with Crippen LogP contribution in [0.5, 0.6) is 0 Å². The summed E-state index contributed by atoms with van der Waals surface area (Å²) in [6.07, 6.45) is -0.383. The molecule has 0 saturated heterocycles. The van der Waals surface area contributed by atoms with Crippen LogP contribution >= 0.6 is 0 Å². The topological polar surface area (TPSA) is 76.3 Å². The van der Waals surface area contributed by atoms with Gasteiger partial charge in [0, 0.05) is 19.4 Å². The zero-order chi connectivity index (χ0) is 12.3. The molecule has 0 amide bonds. The van der Waals surface area contributed by atoms with Crippen LogP contribution in [0, 0.1) is 0 Å². The number of hydrogen-bond donors (Lipinski definition) is 1. The molecule has 5 nitrogen and oxygen atoms in total. The average molecular weight is 251 g/mol. The first-order chi connectivity index (χ1) is 7.35. The Hall–Kier alpha value is -1.28. The van der Waals surface area contributed by atoms with Crippen LogP contribution in [0.4, 0.5) is 14.5 Å². The molecule has 0 atom stereocenters. The predicted molar refractivity (Wildman–Crippen MR) is 54.5 cm³/mol. The lowest BCUT2D eigenvalue weighted by molar-refractivity contribution is 0.126. The third-order valence-corrected chi connectivity index (χ3v) is 3.77. The zero-order valence-electron chi connectivity index (χ0n) is 8.47. The molecule has 1 rings (SSSR count). The smallest absolute Gasteiger partial charge is 0.252 e. The molecule has 0 aromatic carbocycles. The lowest BCUT2D eigenvalue weighted by Crippen LogP contribution is -2.31. The summed E-state index contributed by atoms with van der Waals surface area (Å²) in [4.78, 5) is 3.33. The monoisotopic (exact) mass is 251 g/mol. The van der Waals surface area contributed by atoms with E-state index in [2.05, 4.69) is 4.98 Å². The molecule has 1 heterocycles. The summed E-state index contributed by atoms with van der Waals surface area (Å²) in [5.74, 6) is 0. The fourth-order valence-electron chi connectivity index (χ4n) is 1.07. The number of anilines is 1. The SMILES string of the molecule is CN(CC(F)F)S(=O)(=O)c1cnccc1N. The van der Waals surface area contributed by atoms with Gasteiger partial charge in [0.2, 0.25) is 10.0 Å². The van der Waals surface area contributed by atoms with Crippen molar-refractivity contribution in [2.75, 3.05) is 19.3 Å². The first kappa shape index (κ1) is 12.8. The van der Waals surface area contributed by atoms with Crippen molar-refractivity contribution in [3.63, 3.8) is 0 Å². The Morgan fingerprint density at radius 1 is 1.56 bits per heavy atom. The average Bonchev–Trinajstić information content (AvgIpc) is 2.16. The molecular weight excluding hydrogens is 240 g/mol. The number of nitrogens with zero attached hydrogens (tertiary/aromatic N) is 2. The van der Waals surface area contributed by atoms with Crippen molar-refractivity contribution >= 4 is 15.7 Å². The van der Waals surface area contributed by atoms with E-state index in [0.29, 0.717) is 4.31 Å². The van der Waals surface area contributed by atoms with Gasteiger partial charge in [0.05, 0.1) is 12.2 Å². The summed E-state index contributed by atoms with van der Waals surface area (Å²) in [6, 6.07) is 1.29. The standard InChI is InChI=1S/C8H11F2N3O2S/c1-13(5-8(9)10)16(14,15)7-4-12-3-2-6(7)11/h2-4,8H,5H2,1H3,(H2,11,12). The molecule has 0 aliphatic carbocycles.